The summed E-state index contributed by atoms with van der Waals surface area (Å²) >= 11 is 0. The number of rotatable bonds is 5. The summed E-state index contributed by atoms with van der Waals surface area (Å²) in [4.78, 5) is 11.2. The molecule has 0 aliphatic carbocycles. The third kappa shape index (κ3) is 2.50. The van der Waals surface area contributed by atoms with Gasteiger partial charge in [0.1, 0.15) is 0 Å². The van der Waals surface area contributed by atoms with Crippen molar-refractivity contribution < 1.29 is 4.79 Å². The van der Waals surface area contributed by atoms with Crippen molar-refractivity contribution in [1.82, 2.24) is 19.6 Å². The summed E-state index contributed by atoms with van der Waals surface area (Å²) in [7, 11) is 0. The minimum atomic E-state index is 0.0412. The number of hydrogen-bond donors (Lipinski definition) is 0. The van der Waals surface area contributed by atoms with Crippen LogP contribution in [0.25, 0.3) is 0 Å². The number of aryl methyl sites for hydroxylation is 2. The van der Waals surface area contributed by atoms with E-state index in [1.807, 2.05) is 4.68 Å². The van der Waals surface area contributed by atoms with E-state index in [4.69, 9.17) is 0 Å². The first-order chi connectivity index (χ1) is 8.63. The van der Waals surface area contributed by atoms with Crippen LogP contribution < -0.4 is 0 Å². The molecule has 0 saturated carbocycles. The molecule has 0 aliphatic heterocycles. The summed E-state index contributed by atoms with van der Waals surface area (Å²) in [6.45, 7) is 7.20. The quantitative estimate of drug-likeness (QED) is 0.757. The molecular weight excluding hydrogens is 228 g/mol. The average Bonchev–Trinajstić information content (AvgIpc) is 2.96. The minimum Gasteiger partial charge on any atom is -0.294 e. The van der Waals surface area contributed by atoms with Crippen LogP contribution in [0, 0.1) is 0 Å². The number of carbonyl (C=O) groups excluding carboxylic acids is 1. The Morgan fingerprint density at radius 3 is 2.72 bits per heavy atom. The second kappa shape index (κ2) is 5.16. The topological polar surface area (TPSA) is 52.7 Å². The highest BCUT2D eigenvalue weighted by Gasteiger charge is 2.08. The number of carbonyl (C=O) groups is 1. The van der Waals surface area contributed by atoms with Gasteiger partial charge in [0, 0.05) is 12.7 Å². The first-order valence-electron chi connectivity index (χ1n) is 6.23. The Morgan fingerprint density at radius 2 is 2.17 bits per heavy atom. The van der Waals surface area contributed by atoms with Crippen molar-refractivity contribution in [3.8, 4) is 0 Å². The summed E-state index contributed by atoms with van der Waals surface area (Å²) in [5.41, 5.74) is 2.85. The van der Waals surface area contributed by atoms with Gasteiger partial charge in [-0.05, 0) is 26.3 Å². The van der Waals surface area contributed by atoms with Gasteiger partial charge < -0.3 is 0 Å². The van der Waals surface area contributed by atoms with E-state index in [1.165, 1.54) is 0 Å². The van der Waals surface area contributed by atoms with Crippen molar-refractivity contribution in [3.05, 3.63) is 35.4 Å². The summed E-state index contributed by atoms with van der Waals surface area (Å²) in [5, 5.41) is 8.69. The van der Waals surface area contributed by atoms with Gasteiger partial charge >= 0.3 is 0 Å². The van der Waals surface area contributed by atoms with E-state index in [-0.39, 0.29) is 5.78 Å². The summed E-state index contributed by atoms with van der Waals surface area (Å²) in [6.07, 6.45) is 4.31. The number of ketones is 1. The molecule has 2 heterocycles. The van der Waals surface area contributed by atoms with Gasteiger partial charge in [0.05, 0.1) is 29.7 Å². The van der Waals surface area contributed by atoms with Crippen LogP contribution in [0.4, 0.5) is 0 Å². The Morgan fingerprint density at radius 1 is 1.39 bits per heavy atom. The van der Waals surface area contributed by atoms with Gasteiger partial charge in [0.2, 0.25) is 0 Å². The van der Waals surface area contributed by atoms with Crippen LogP contribution in [-0.2, 0) is 19.5 Å². The third-order valence-electron chi connectivity index (χ3n) is 2.94. The van der Waals surface area contributed by atoms with Crippen molar-refractivity contribution in [2.45, 2.75) is 40.3 Å². The first kappa shape index (κ1) is 12.5. The van der Waals surface area contributed by atoms with E-state index in [0.717, 1.165) is 24.4 Å². The summed E-state index contributed by atoms with van der Waals surface area (Å²) in [6, 6.07) is 2.10. The Labute approximate surface area is 106 Å². The maximum absolute atomic E-state index is 11.2. The Hall–Kier alpha value is -1.91. The van der Waals surface area contributed by atoms with E-state index in [0.29, 0.717) is 12.1 Å². The van der Waals surface area contributed by atoms with Crippen LogP contribution in [0.15, 0.2) is 18.5 Å². The summed E-state index contributed by atoms with van der Waals surface area (Å²) in [5.74, 6) is 0.0412. The van der Waals surface area contributed by atoms with Crippen molar-refractivity contribution in [2.75, 3.05) is 0 Å². The molecule has 0 N–H and O–H groups in total. The van der Waals surface area contributed by atoms with Gasteiger partial charge in [-0.3, -0.25) is 14.2 Å². The van der Waals surface area contributed by atoms with Gasteiger partial charge in [0.15, 0.2) is 5.78 Å². The van der Waals surface area contributed by atoms with Crippen LogP contribution in [0.3, 0.4) is 0 Å². The minimum absolute atomic E-state index is 0.0412. The lowest BCUT2D eigenvalue weighted by atomic mass is 10.3. The van der Waals surface area contributed by atoms with Crippen molar-refractivity contribution in [1.29, 1.82) is 0 Å². The fraction of sp³-hybridized carbons (Fsp3) is 0.462. The Kier molecular flexibility index (Phi) is 3.60. The zero-order chi connectivity index (χ0) is 13.1. The van der Waals surface area contributed by atoms with Crippen LogP contribution in [-0.4, -0.2) is 25.3 Å². The predicted octanol–water partition coefficient (Wildman–Crippen LogP) is 1.91. The summed E-state index contributed by atoms with van der Waals surface area (Å²) < 4.78 is 3.76. The van der Waals surface area contributed by atoms with Gasteiger partial charge in [-0.15, -0.1) is 0 Å². The van der Waals surface area contributed by atoms with Gasteiger partial charge in [-0.25, -0.2) is 0 Å². The number of nitrogens with zero attached hydrogens (tertiary/aromatic N) is 4. The average molecular weight is 246 g/mol. The zero-order valence-corrected chi connectivity index (χ0v) is 11.1. The molecule has 0 radical (unpaired) electrons. The van der Waals surface area contributed by atoms with Crippen LogP contribution in [0.1, 0.15) is 42.5 Å². The lowest BCUT2D eigenvalue weighted by Gasteiger charge is -2.04. The molecule has 0 bridgehead atoms. The standard InChI is InChI=1S/C13H18N4O/c1-4-12-6-13(17(5-2)15-12)9-16-8-11(7-14-16)10(3)18/h6-8H,4-5,9H2,1-3H3. The fourth-order valence-corrected chi connectivity index (χ4v) is 1.89. The molecule has 5 heteroatoms. The fourth-order valence-electron chi connectivity index (χ4n) is 1.89. The highest BCUT2D eigenvalue weighted by atomic mass is 16.1. The highest BCUT2D eigenvalue weighted by molar-refractivity contribution is 5.93. The first-order valence-corrected chi connectivity index (χ1v) is 6.23. The molecule has 0 aromatic carbocycles. The van der Waals surface area contributed by atoms with E-state index < -0.39 is 0 Å². The van der Waals surface area contributed by atoms with E-state index in [9.17, 15) is 4.79 Å². The second-order valence-corrected chi connectivity index (χ2v) is 4.28. The maximum atomic E-state index is 11.2. The van der Waals surface area contributed by atoms with Gasteiger partial charge in [-0.1, -0.05) is 6.92 Å². The third-order valence-corrected chi connectivity index (χ3v) is 2.94. The smallest absolute Gasteiger partial charge is 0.162 e. The molecule has 0 unspecified atom stereocenters. The van der Waals surface area contributed by atoms with Crippen molar-refractivity contribution >= 4 is 5.78 Å². The molecule has 0 spiro atoms. The largest absolute Gasteiger partial charge is 0.294 e. The van der Waals surface area contributed by atoms with E-state index in [2.05, 4.69) is 30.1 Å². The maximum Gasteiger partial charge on any atom is 0.162 e. The zero-order valence-electron chi connectivity index (χ0n) is 11.1. The van der Waals surface area contributed by atoms with Gasteiger partial charge in [0.25, 0.3) is 0 Å². The monoisotopic (exact) mass is 246 g/mol. The normalized spacial score (nSPS) is 10.8. The Bertz CT molecular complexity index is 553. The SMILES string of the molecule is CCc1cc(Cn2cc(C(C)=O)cn2)n(CC)n1. The number of aromatic nitrogens is 4. The molecular formula is C13H18N4O. The van der Waals surface area contributed by atoms with E-state index >= 15 is 0 Å². The second-order valence-electron chi connectivity index (χ2n) is 4.28. The molecule has 0 amide bonds. The van der Waals surface area contributed by atoms with Crippen LogP contribution in [0.2, 0.25) is 0 Å². The molecule has 96 valence electrons. The molecule has 18 heavy (non-hydrogen) atoms. The molecule has 0 atom stereocenters. The molecule has 0 saturated heterocycles. The Balaban J connectivity index is 2.21. The highest BCUT2D eigenvalue weighted by Crippen LogP contribution is 2.08. The molecule has 2 aromatic heterocycles. The molecule has 2 rings (SSSR count). The molecule has 5 nitrogen and oxygen atoms in total. The molecule has 2 aromatic rings. The van der Waals surface area contributed by atoms with E-state index in [1.54, 1.807) is 24.0 Å². The number of hydrogen-bond acceptors (Lipinski definition) is 3. The van der Waals surface area contributed by atoms with Crippen LogP contribution in [0.5, 0.6) is 0 Å². The lowest BCUT2D eigenvalue weighted by Crippen LogP contribution is -2.08. The predicted molar refractivity (Wildman–Crippen MR) is 68.6 cm³/mol. The lowest BCUT2D eigenvalue weighted by molar-refractivity contribution is 0.101. The number of Topliss-reactive ketones (excluding diaryl/α,β-unsaturated/α-hetero) is 1. The van der Waals surface area contributed by atoms with Crippen molar-refractivity contribution in [3.63, 3.8) is 0 Å². The van der Waals surface area contributed by atoms with Gasteiger partial charge in [-0.2, -0.15) is 10.2 Å². The van der Waals surface area contributed by atoms with Crippen LogP contribution >= 0.6 is 0 Å². The van der Waals surface area contributed by atoms with Crippen molar-refractivity contribution in [2.24, 2.45) is 0 Å². The molecule has 0 fully saturated rings. The molecule has 0 aliphatic rings.